The van der Waals surface area contributed by atoms with Crippen molar-refractivity contribution >= 4 is 16.7 Å². The van der Waals surface area contributed by atoms with Gasteiger partial charge in [-0.05, 0) is 32.4 Å². The van der Waals surface area contributed by atoms with Gasteiger partial charge in [0.25, 0.3) is 5.91 Å². The maximum atomic E-state index is 12.4. The number of nitrogens with one attached hydrogen (secondary N) is 1. The summed E-state index contributed by atoms with van der Waals surface area (Å²) < 4.78 is 1.65. The summed E-state index contributed by atoms with van der Waals surface area (Å²) in [4.78, 5) is 16.5. The molecule has 0 saturated heterocycles. The van der Waals surface area contributed by atoms with Crippen LogP contribution in [0, 0.1) is 6.92 Å². The van der Waals surface area contributed by atoms with Crippen molar-refractivity contribution in [2.45, 2.75) is 32.8 Å². The monoisotopic (exact) mass is 339 g/mol. The lowest BCUT2D eigenvalue weighted by molar-refractivity contribution is 0.0517. The van der Waals surface area contributed by atoms with Gasteiger partial charge in [-0.3, -0.25) is 9.78 Å². The van der Waals surface area contributed by atoms with Crippen molar-refractivity contribution in [2.24, 2.45) is 0 Å². The average molecular weight is 339 g/mol. The summed E-state index contributed by atoms with van der Waals surface area (Å²) in [6.45, 7) is 5.51. The van der Waals surface area contributed by atoms with Crippen LogP contribution in [0.4, 0.5) is 0 Å². The highest BCUT2D eigenvalue weighted by Gasteiger charge is 2.22. The van der Waals surface area contributed by atoms with E-state index in [4.69, 9.17) is 0 Å². The van der Waals surface area contributed by atoms with Gasteiger partial charge in [-0.25, -0.2) is 4.68 Å². The molecule has 3 aromatic rings. The molecule has 1 unspecified atom stereocenters. The van der Waals surface area contributed by atoms with Crippen molar-refractivity contribution in [1.29, 1.82) is 0 Å². The molecule has 1 aromatic carbocycles. The van der Waals surface area contributed by atoms with Gasteiger partial charge < -0.3 is 10.4 Å². The van der Waals surface area contributed by atoms with Gasteiger partial charge in [0, 0.05) is 29.7 Å². The van der Waals surface area contributed by atoms with Crippen LogP contribution in [0.5, 0.6) is 0 Å². The summed E-state index contributed by atoms with van der Waals surface area (Å²) in [7, 11) is 0. The predicted molar refractivity (Wildman–Crippen MR) is 94.6 cm³/mol. The molecular formula is C18H21N5O2. The standard InChI is InChI=1S/C18H21N5O2/c1-4-18(3,25)11-20-17(24)16-12(2)23(22-21-16)15-7-5-6-13-10-19-9-8-14(13)15/h5-10,25H,4,11H2,1-3H3,(H,20,24). The zero-order chi connectivity index (χ0) is 18.0. The molecule has 0 aliphatic rings. The second kappa shape index (κ2) is 6.60. The molecule has 2 heterocycles. The van der Waals surface area contributed by atoms with E-state index in [1.54, 1.807) is 30.9 Å². The Bertz CT molecular complexity index is 911. The molecule has 1 amide bonds. The van der Waals surface area contributed by atoms with E-state index in [9.17, 15) is 9.90 Å². The number of hydrogen-bond acceptors (Lipinski definition) is 5. The van der Waals surface area contributed by atoms with Crippen molar-refractivity contribution < 1.29 is 9.90 Å². The predicted octanol–water partition coefficient (Wildman–Crippen LogP) is 2.01. The Morgan fingerprint density at radius 2 is 2.16 bits per heavy atom. The quantitative estimate of drug-likeness (QED) is 0.742. The molecule has 0 aliphatic heterocycles. The highest BCUT2D eigenvalue weighted by molar-refractivity contribution is 5.94. The number of fused-ring (bicyclic) bond motifs is 1. The molecule has 7 nitrogen and oxygen atoms in total. The van der Waals surface area contributed by atoms with Gasteiger partial charge in [0.15, 0.2) is 5.69 Å². The molecule has 25 heavy (non-hydrogen) atoms. The Morgan fingerprint density at radius 3 is 2.92 bits per heavy atom. The SMILES string of the molecule is CCC(C)(O)CNC(=O)c1nnn(-c2cccc3cnccc23)c1C. The summed E-state index contributed by atoms with van der Waals surface area (Å²) in [6, 6.07) is 7.72. The average Bonchev–Trinajstić information content (AvgIpc) is 3.00. The van der Waals surface area contributed by atoms with Crippen molar-refractivity contribution in [2.75, 3.05) is 6.54 Å². The molecular weight excluding hydrogens is 318 g/mol. The van der Waals surface area contributed by atoms with Gasteiger partial charge in [0.1, 0.15) is 0 Å². The first-order chi connectivity index (χ1) is 11.9. The summed E-state index contributed by atoms with van der Waals surface area (Å²) >= 11 is 0. The van der Waals surface area contributed by atoms with Crippen LogP contribution in [0.1, 0.15) is 36.5 Å². The van der Waals surface area contributed by atoms with Crippen molar-refractivity contribution in [3.63, 3.8) is 0 Å². The number of amides is 1. The first-order valence-corrected chi connectivity index (χ1v) is 8.19. The van der Waals surface area contributed by atoms with E-state index in [2.05, 4.69) is 20.6 Å². The number of benzene rings is 1. The molecule has 0 fully saturated rings. The maximum Gasteiger partial charge on any atom is 0.273 e. The van der Waals surface area contributed by atoms with E-state index >= 15 is 0 Å². The molecule has 130 valence electrons. The molecule has 0 radical (unpaired) electrons. The minimum Gasteiger partial charge on any atom is -0.388 e. The van der Waals surface area contributed by atoms with Gasteiger partial charge in [0.05, 0.1) is 17.0 Å². The van der Waals surface area contributed by atoms with E-state index in [-0.39, 0.29) is 18.1 Å². The lowest BCUT2D eigenvalue weighted by Crippen LogP contribution is -2.40. The van der Waals surface area contributed by atoms with Crippen molar-refractivity contribution in [3.8, 4) is 5.69 Å². The van der Waals surface area contributed by atoms with Crippen LogP contribution in [0.3, 0.4) is 0 Å². The Hall–Kier alpha value is -2.80. The molecule has 0 saturated carbocycles. The fourth-order valence-corrected chi connectivity index (χ4v) is 2.54. The normalized spacial score (nSPS) is 13.6. The number of aromatic nitrogens is 4. The molecule has 7 heteroatoms. The smallest absolute Gasteiger partial charge is 0.273 e. The van der Waals surface area contributed by atoms with Crippen LogP contribution in [0.2, 0.25) is 0 Å². The summed E-state index contributed by atoms with van der Waals surface area (Å²) in [5, 5.41) is 22.9. The fourth-order valence-electron chi connectivity index (χ4n) is 2.54. The topological polar surface area (TPSA) is 92.9 Å². The third-order valence-corrected chi connectivity index (χ3v) is 4.39. The summed E-state index contributed by atoms with van der Waals surface area (Å²) in [5.74, 6) is -0.348. The first-order valence-electron chi connectivity index (χ1n) is 8.19. The lowest BCUT2D eigenvalue weighted by Gasteiger charge is -2.21. The van der Waals surface area contributed by atoms with E-state index < -0.39 is 5.60 Å². The Balaban J connectivity index is 1.92. The molecule has 2 N–H and O–H groups in total. The van der Waals surface area contributed by atoms with Gasteiger partial charge in [-0.2, -0.15) is 0 Å². The van der Waals surface area contributed by atoms with Gasteiger partial charge >= 0.3 is 0 Å². The Morgan fingerprint density at radius 1 is 1.36 bits per heavy atom. The third kappa shape index (κ3) is 3.36. The van der Waals surface area contributed by atoms with E-state index in [0.29, 0.717) is 12.1 Å². The number of pyridine rings is 1. The van der Waals surface area contributed by atoms with Crippen LogP contribution in [-0.2, 0) is 0 Å². The number of hydrogen-bond donors (Lipinski definition) is 2. The molecule has 0 spiro atoms. The highest BCUT2D eigenvalue weighted by atomic mass is 16.3. The zero-order valence-electron chi connectivity index (χ0n) is 14.5. The molecule has 0 bridgehead atoms. The zero-order valence-corrected chi connectivity index (χ0v) is 14.5. The third-order valence-electron chi connectivity index (χ3n) is 4.39. The van der Waals surface area contributed by atoms with E-state index in [1.807, 2.05) is 31.2 Å². The Labute approximate surface area is 145 Å². The van der Waals surface area contributed by atoms with Crippen LogP contribution < -0.4 is 5.32 Å². The van der Waals surface area contributed by atoms with Crippen LogP contribution in [0.25, 0.3) is 16.5 Å². The van der Waals surface area contributed by atoms with E-state index in [0.717, 1.165) is 16.5 Å². The molecule has 1 atom stereocenters. The highest BCUT2D eigenvalue weighted by Crippen LogP contribution is 2.22. The van der Waals surface area contributed by atoms with Crippen LogP contribution >= 0.6 is 0 Å². The van der Waals surface area contributed by atoms with Crippen molar-refractivity contribution in [1.82, 2.24) is 25.3 Å². The maximum absolute atomic E-state index is 12.4. The number of carbonyl (C=O) groups is 1. The fraction of sp³-hybridized carbons (Fsp3) is 0.333. The summed E-state index contributed by atoms with van der Waals surface area (Å²) in [6.07, 6.45) is 4.05. The van der Waals surface area contributed by atoms with Crippen LogP contribution in [-0.4, -0.2) is 43.1 Å². The number of rotatable bonds is 5. The van der Waals surface area contributed by atoms with E-state index in [1.165, 1.54) is 0 Å². The molecule has 0 aliphatic carbocycles. The van der Waals surface area contributed by atoms with Gasteiger partial charge in [-0.1, -0.05) is 24.3 Å². The number of aliphatic hydroxyl groups is 1. The second-order valence-corrected chi connectivity index (χ2v) is 6.34. The number of carbonyl (C=O) groups excluding carboxylic acids is 1. The minimum absolute atomic E-state index is 0.161. The Kier molecular flexibility index (Phi) is 4.50. The summed E-state index contributed by atoms with van der Waals surface area (Å²) in [5.41, 5.74) is 0.780. The minimum atomic E-state index is -0.942. The second-order valence-electron chi connectivity index (χ2n) is 6.34. The van der Waals surface area contributed by atoms with Crippen LogP contribution in [0.15, 0.2) is 36.7 Å². The van der Waals surface area contributed by atoms with Gasteiger partial charge in [-0.15, -0.1) is 5.10 Å². The first kappa shape index (κ1) is 17.0. The number of nitrogens with zero attached hydrogens (tertiary/aromatic N) is 4. The molecule has 3 rings (SSSR count). The largest absolute Gasteiger partial charge is 0.388 e. The molecule has 2 aromatic heterocycles. The van der Waals surface area contributed by atoms with Crippen molar-refractivity contribution in [3.05, 3.63) is 48.0 Å². The lowest BCUT2D eigenvalue weighted by atomic mass is 10.0. The van der Waals surface area contributed by atoms with Gasteiger partial charge in [0.2, 0.25) is 0 Å².